The highest BCUT2D eigenvalue weighted by Gasteiger charge is 2.45. The van der Waals surface area contributed by atoms with Crippen molar-refractivity contribution in [3.63, 3.8) is 0 Å². The van der Waals surface area contributed by atoms with Crippen LogP contribution in [-0.4, -0.2) is 71.1 Å². The number of nitrogens with zero attached hydrogens (tertiary/aromatic N) is 4. The third-order valence-electron chi connectivity index (χ3n) is 4.73. The molecule has 2 aliphatic heterocycles. The number of carbonyl (C=O) groups is 1. The first kappa shape index (κ1) is 14.4. The molecule has 0 radical (unpaired) electrons. The number of likely N-dealkylation sites (tertiary alicyclic amines) is 2. The van der Waals surface area contributed by atoms with E-state index >= 15 is 0 Å². The second kappa shape index (κ2) is 6.07. The zero-order valence-electron chi connectivity index (χ0n) is 12.6. The van der Waals surface area contributed by atoms with E-state index in [0.29, 0.717) is 11.6 Å². The van der Waals surface area contributed by atoms with Crippen molar-refractivity contribution < 1.29 is 9.53 Å². The Morgan fingerprint density at radius 1 is 1.43 bits per heavy atom. The summed E-state index contributed by atoms with van der Waals surface area (Å²) in [5.74, 6) is 0.384. The predicted molar refractivity (Wildman–Crippen MR) is 77.9 cm³/mol. The first-order chi connectivity index (χ1) is 10.2. The van der Waals surface area contributed by atoms with Crippen molar-refractivity contribution in [2.24, 2.45) is 5.92 Å². The van der Waals surface area contributed by atoms with Crippen LogP contribution in [0.3, 0.4) is 0 Å². The number of methoxy groups -OCH3 is 1. The highest BCUT2D eigenvalue weighted by atomic mass is 16.5. The lowest BCUT2D eigenvalue weighted by Crippen LogP contribution is -2.53. The smallest absolute Gasteiger partial charge is 0.274 e. The summed E-state index contributed by atoms with van der Waals surface area (Å²) in [7, 11) is 1.77. The lowest BCUT2D eigenvalue weighted by Gasteiger charge is -2.40. The fourth-order valence-electron chi connectivity index (χ4n) is 3.60. The molecular formula is C15H22N4O2. The Bertz CT molecular complexity index is 496. The van der Waals surface area contributed by atoms with Gasteiger partial charge in [0, 0.05) is 45.1 Å². The van der Waals surface area contributed by atoms with Gasteiger partial charge in [-0.25, -0.2) is 4.98 Å². The van der Waals surface area contributed by atoms with Crippen LogP contribution in [0.15, 0.2) is 18.6 Å². The van der Waals surface area contributed by atoms with E-state index < -0.39 is 0 Å². The van der Waals surface area contributed by atoms with Crippen molar-refractivity contribution in [2.75, 3.05) is 33.3 Å². The third-order valence-corrected chi connectivity index (χ3v) is 4.73. The molecule has 0 saturated carbocycles. The quantitative estimate of drug-likeness (QED) is 0.818. The van der Waals surface area contributed by atoms with Crippen LogP contribution in [0, 0.1) is 5.92 Å². The molecule has 0 aliphatic carbocycles. The molecule has 0 spiro atoms. The van der Waals surface area contributed by atoms with Crippen molar-refractivity contribution in [3.05, 3.63) is 24.3 Å². The van der Waals surface area contributed by atoms with E-state index in [-0.39, 0.29) is 18.1 Å². The highest BCUT2D eigenvalue weighted by molar-refractivity contribution is 5.92. The molecule has 0 bridgehead atoms. The Labute approximate surface area is 125 Å². The van der Waals surface area contributed by atoms with Crippen molar-refractivity contribution in [1.82, 2.24) is 19.8 Å². The molecule has 0 aromatic carbocycles. The first-order valence-electron chi connectivity index (χ1n) is 7.56. The van der Waals surface area contributed by atoms with E-state index in [2.05, 4.69) is 21.8 Å². The topological polar surface area (TPSA) is 58.6 Å². The molecule has 1 amide bonds. The van der Waals surface area contributed by atoms with Crippen LogP contribution < -0.4 is 0 Å². The molecule has 0 unspecified atom stereocenters. The van der Waals surface area contributed by atoms with Gasteiger partial charge in [-0.05, 0) is 13.0 Å². The fraction of sp³-hybridized carbons (Fsp3) is 0.667. The molecule has 21 heavy (non-hydrogen) atoms. The van der Waals surface area contributed by atoms with Crippen molar-refractivity contribution in [3.8, 4) is 0 Å². The molecule has 114 valence electrons. The lowest BCUT2D eigenvalue weighted by molar-refractivity contribution is -0.0158. The lowest BCUT2D eigenvalue weighted by atomic mass is 9.89. The minimum Gasteiger partial charge on any atom is -0.381 e. The van der Waals surface area contributed by atoms with Gasteiger partial charge >= 0.3 is 0 Å². The van der Waals surface area contributed by atoms with E-state index in [1.807, 2.05) is 4.90 Å². The second-order valence-corrected chi connectivity index (χ2v) is 5.74. The molecule has 3 heterocycles. The van der Waals surface area contributed by atoms with Crippen LogP contribution >= 0.6 is 0 Å². The highest BCUT2D eigenvalue weighted by Crippen LogP contribution is 2.33. The minimum absolute atomic E-state index is 0.00870. The molecule has 2 fully saturated rings. The van der Waals surface area contributed by atoms with Gasteiger partial charge in [0.25, 0.3) is 5.91 Å². The SMILES string of the molecule is CCN1C[C@H]2[C@@H](C1)N(C(=O)c1cnccn1)CC[C@H]2OC. The Morgan fingerprint density at radius 2 is 2.29 bits per heavy atom. The summed E-state index contributed by atoms with van der Waals surface area (Å²) in [5, 5.41) is 0. The summed E-state index contributed by atoms with van der Waals surface area (Å²) in [6.07, 6.45) is 5.84. The predicted octanol–water partition coefficient (Wildman–Crippen LogP) is 0.658. The van der Waals surface area contributed by atoms with E-state index in [9.17, 15) is 4.79 Å². The molecule has 6 nitrogen and oxygen atoms in total. The van der Waals surface area contributed by atoms with Gasteiger partial charge in [0.05, 0.1) is 18.3 Å². The van der Waals surface area contributed by atoms with Crippen molar-refractivity contribution >= 4 is 5.91 Å². The van der Waals surface area contributed by atoms with Gasteiger partial charge in [-0.3, -0.25) is 9.78 Å². The number of fused-ring (bicyclic) bond motifs is 1. The van der Waals surface area contributed by atoms with Crippen molar-refractivity contribution in [2.45, 2.75) is 25.5 Å². The van der Waals surface area contributed by atoms with Gasteiger partial charge in [-0.1, -0.05) is 6.92 Å². The third kappa shape index (κ3) is 2.65. The average Bonchev–Trinajstić information content (AvgIpc) is 2.98. The number of likely N-dealkylation sites (N-methyl/N-ethyl adjacent to an activating group) is 1. The largest absolute Gasteiger partial charge is 0.381 e. The molecule has 1 aromatic rings. The van der Waals surface area contributed by atoms with Gasteiger partial charge in [-0.2, -0.15) is 0 Å². The first-order valence-corrected chi connectivity index (χ1v) is 7.56. The van der Waals surface area contributed by atoms with Crippen LogP contribution in [0.1, 0.15) is 23.8 Å². The summed E-state index contributed by atoms with van der Waals surface area (Å²) in [6, 6.07) is 0.221. The Morgan fingerprint density at radius 3 is 2.95 bits per heavy atom. The van der Waals surface area contributed by atoms with Crippen LogP contribution in [0.4, 0.5) is 0 Å². The number of aromatic nitrogens is 2. The van der Waals surface area contributed by atoms with Crippen LogP contribution in [0.5, 0.6) is 0 Å². The molecular weight excluding hydrogens is 268 g/mol. The Balaban J connectivity index is 1.81. The van der Waals surface area contributed by atoms with E-state index in [4.69, 9.17) is 4.74 Å². The fourth-order valence-corrected chi connectivity index (χ4v) is 3.60. The zero-order valence-corrected chi connectivity index (χ0v) is 12.6. The van der Waals surface area contributed by atoms with Crippen molar-refractivity contribution in [1.29, 1.82) is 0 Å². The number of ether oxygens (including phenoxy) is 1. The maximum absolute atomic E-state index is 12.7. The summed E-state index contributed by atoms with van der Waals surface area (Å²) in [6.45, 7) is 5.83. The Hall–Kier alpha value is -1.53. The molecule has 6 heteroatoms. The molecule has 2 saturated heterocycles. The van der Waals surface area contributed by atoms with E-state index in [1.165, 1.54) is 0 Å². The maximum Gasteiger partial charge on any atom is 0.274 e. The van der Waals surface area contributed by atoms with Crippen LogP contribution in [0.2, 0.25) is 0 Å². The maximum atomic E-state index is 12.7. The van der Waals surface area contributed by atoms with Gasteiger partial charge in [0.2, 0.25) is 0 Å². The zero-order chi connectivity index (χ0) is 14.8. The van der Waals surface area contributed by atoms with Gasteiger partial charge in [-0.15, -0.1) is 0 Å². The Kier molecular flexibility index (Phi) is 4.17. The standard InChI is InChI=1S/C15H22N4O2/c1-3-18-9-11-13(10-18)19(7-4-14(11)21-2)15(20)12-8-16-5-6-17-12/h5-6,8,11,13-14H,3-4,7,9-10H2,1-2H3/t11-,13+,14+/m0/s1. The number of hydrogen-bond donors (Lipinski definition) is 0. The summed E-state index contributed by atoms with van der Waals surface area (Å²) in [4.78, 5) is 25.2. The summed E-state index contributed by atoms with van der Waals surface area (Å²) in [5.41, 5.74) is 0.432. The van der Waals surface area contributed by atoms with Gasteiger partial charge in [0.15, 0.2) is 0 Å². The van der Waals surface area contributed by atoms with Crippen LogP contribution in [0.25, 0.3) is 0 Å². The molecule has 2 aliphatic rings. The second-order valence-electron chi connectivity index (χ2n) is 5.74. The van der Waals surface area contributed by atoms with Gasteiger partial charge in [0.1, 0.15) is 5.69 Å². The monoisotopic (exact) mass is 290 g/mol. The minimum atomic E-state index is -0.00870. The number of amides is 1. The summed E-state index contributed by atoms with van der Waals surface area (Å²) < 4.78 is 5.64. The molecule has 1 aromatic heterocycles. The number of piperidine rings is 1. The normalized spacial score (nSPS) is 29.4. The summed E-state index contributed by atoms with van der Waals surface area (Å²) >= 11 is 0. The molecule has 0 N–H and O–H groups in total. The number of rotatable bonds is 3. The molecule has 3 atom stereocenters. The van der Waals surface area contributed by atoms with E-state index in [1.54, 1.807) is 25.7 Å². The van der Waals surface area contributed by atoms with Gasteiger partial charge < -0.3 is 14.5 Å². The number of hydrogen-bond acceptors (Lipinski definition) is 5. The van der Waals surface area contributed by atoms with E-state index in [0.717, 1.165) is 32.6 Å². The average molecular weight is 290 g/mol. The van der Waals surface area contributed by atoms with Crippen LogP contribution in [-0.2, 0) is 4.74 Å². The molecule has 3 rings (SSSR count). The number of carbonyl (C=O) groups excluding carboxylic acids is 1.